The SMILES string of the molecule is COc1ccc(CC(=O)OCc2csc(-c3ccc(C)cc3)n2)cc1. The van der Waals surface area contributed by atoms with E-state index in [1.165, 1.54) is 5.56 Å². The highest BCUT2D eigenvalue weighted by Crippen LogP contribution is 2.24. The third-order valence-corrected chi connectivity index (χ3v) is 4.68. The zero-order valence-corrected chi connectivity index (χ0v) is 15.0. The smallest absolute Gasteiger partial charge is 0.310 e. The van der Waals surface area contributed by atoms with Gasteiger partial charge < -0.3 is 9.47 Å². The number of benzene rings is 2. The molecule has 0 atom stereocenters. The molecule has 2 aromatic carbocycles. The summed E-state index contributed by atoms with van der Waals surface area (Å²) in [6.45, 7) is 2.25. The number of aryl methyl sites for hydroxylation is 1. The second-order valence-electron chi connectivity index (χ2n) is 5.70. The lowest BCUT2D eigenvalue weighted by molar-refractivity contribution is -0.144. The predicted octanol–water partition coefficient (Wildman–Crippen LogP) is 4.41. The molecule has 1 aromatic heterocycles. The van der Waals surface area contributed by atoms with Crippen molar-refractivity contribution in [3.8, 4) is 16.3 Å². The Labute approximate surface area is 151 Å². The van der Waals surface area contributed by atoms with Crippen molar-refractivity contribution >= 4 is 17.3 Å². The number of esters is 1. The molecule has 0 bridgehead atoms. The number of carbonyl (C=O) groups excluding carboxylic acids is 1. The molecular weight excluding hydrogens is 334 g/mol. The molecule has 0 fully saturated rings. The van der Waals surface area contributed by atoms with E-state index in [9.17, 15) is 4.79 Å². The summed E-state index contributed by atoms with van der Waals surface area (Å²) in [6.07, 6.45) is 0.235. The Morgan fingerprint density at radius 2 is 1.80 bits per heavy atom. The molecule has 0 aliphatic rings. The molecule has 3 rings (SSSR count). The summed E-state index contributed by atoms with van der Waals surface area (Å²) < 4.78 is 10.4. The quantitative estimate of drug-likeness (QED) is 0.616. The molecule has 3 aromatic rings. The normalized spacial score (nSPS) is 10.5. The molecule has 5 heteroatoms. The molecule has 25 heavy (non-hydrogen) atoms. The van der Waals surface area contributed by atoms with E-state index in [2.05, 4.69) is 24.0 Å². The van der Waals surface area contributed by atoms with E-state index >= 15 is 0 Å². The third kappa shape index (κ3) is 4.67. The Kier molecular flexibility index (Phi) is 5.46. The fourth-order valence-electron chi connectivity index (χ4n) is 2.32. The van der Waals surface area contributed by atoms with E-state index in [1.807, 2.05) is 41.8 Å². The number of ether oxygens (including phenoxy) is 2. The van der Waals surface area contributed by atoms with Gasteiger partial charge in [0.15, 0.2) is 0 Å². The molecule has 0 saturated carbocycles. The van der Waals surface area contributed by atoms with Gasteiger partial charge in [0.2, 0.25) is 0 Å². The van der Waals surface area contributed by atoms with Crippen LogP contribution in [0, 0.1) is 6.92 Å². The van der Waals surface area contributed by atoms with Gasteiger partial charge in [-0.3, -0.25) is 4.79 Å². The molecule has 0 spiro atoms. The van der Waals surface area contributed by atoms with E-state index in [0.717, 1.165) is 27.6 Å². The summed E-state index contributed by atoms with van der Waals surface area (Å²) in [4.78, 5) is 16.5. The van der Waals surface area contributed by atoms with Gasteiger partial charge in [-0.1, -0.05) is 42.0 Å². The van der Waals surface area contributed by atoms with Crippen molar-refractivity contribution in [1.29, 1.82) is 0 Å². The summed E-state index contributed by atoms with van der Waals surface area (Å²) >= 11 is 1.55. The number of hydrogen-bond donors (Lipinski definition) is 0. The molecule has 0 amide bonds. The maximum Gasteiger partial charge on any atom is 0.310 e. The Bertz CT molecular complexity index is 838. The van der Waals surface area contributed by atoms with Gasteiger partial charge in [-0.2, -0.15) is 0 Å². The van der Waals surface area contributed by atoms with Crippen LogP contribution in [0.3, 0.4) is 0 Å². The van der Waals surface area contributed by atoms with Crippen molar-refractivity contribution in [2.24, 2.45) is 0 Å². The molecule has 128 valence electrons. The third-order valence-electron chi connectivity index (χ3n) is 3.74. The number of nitrogens with zero attached hydrogens (tertiary/aromatic N) is 1. The van der Waals surface area contributed by atoms with Crippen molar-refractivity contribution in [3.05, 3.63) is 70.7 Å². The second kappa shape index (κ2) is 7.94. The maximum absolute atomic E-state index is 12.0. The molecular formula is C20H19NO3S. The second-order valence-corrected chi connectivity index (χ2v) is 6.55. The van der Waals surface area contributed by atoms with Gasteiger partial charge in [0.25, 0.3) is 0 Å². The molecule has 0 aliphatic heterocycles. The lowest BCUT2D eigenvalue weighted by Gasteiger charge is -2.04. The highest BCUT2D eigenvalue weighted by Gasteiger charge is 2.09. The number of aromatic nitrogens is 1. The minimum absolute atomic E-state index is 0.192. The van der Waals surface area contributed by atoms with E-state index < -0.39 is 0 Å². The zero-order chi connectivity index (χ0) is 17.6. The molecule has 0 unspecified atom stereocenters. The van der Waals surface area contributed by atoms with Gasteiger partial charge >= 0.3 is 5.97 Å². The molecule has 0 radical (unpaired) electrons. The van der Waals surface area contributed by atoms with Gasteiger partial charge in [0.1, 0.15) is 17.4 Å². The van der Waals surface area contributed by atoms with Crippen LogP contribution in [0.2, 0.25) is 0 Å². The van der Waals surface area contributed by atoms with E-state index in [4.69, 9.17) is 9.47 Å². The summed E-state index contributed by atoms with van der Waals surface area (Å²) in [6, 6.07) is 15.6. The van der Waals surface area contributed by atoms with Crippen LogP contribution < -0.4 is 4.74 Å². The Hall–Kier alpha value is -2.66. The first-order valence-corrected chi connectivity index (χ1v) is 8.82. The van der Waals surface area contributed by atoms with Crippen molar-refractivity contribution < 1.29 is 14.3 Å². The van der Waals surface area contributed by atoms with Gasteiger partial charge in [0, 0.05) is 10.9 Å². The molecule has 0 N–H and O–H groups in total. The fraction of sp³-hybridized carbons (Fsp3) is 0.200. The average molecular weight is 353 g/mol. The summed E-state index contributed by atoms with van der Waals surface area (Å²) in [7, 11) is 1.61. The van der Waals surface area contributed by atoms with Gasteiger partial charge in [-0.05, 0) is 24.6 Å². The van der Waals surface area contributed by atoms with Crippen LogP contribution in [0.5, 0.6) is 5.75 Å². The van der Waals surface area contributed by atoms with Crippen molar-refractivity contribution in [1.82, 2.24) is 4.98 Å². The average Bonchev–Trinajstić information content (AvgIpc) is 3.10. The first-order valence-electron chi connectivity index (χ1n) is 7.94. The lowest BCUT2D eigenvalue weighted by atomic mass is 10.1. The predicted molar refractivity (Wildman–Crippen MR) is 98.8 cm³/mol. The van der Waals surface area contributed by atoms with Gasteiger partial charge in [-0.15, -0.1) is 11.3 Å². The molecule has 1 heterocycles. The Morgan fingerprint density at radius 3 is 2.48 bits per heavy atom. The number of hydrogen-bond acceptors (Lipinski definition) is 5. The number of thiazole rings is 1. The minimum atomic E-state index is -0.268. The molecule has 4 nitrogen and oxygen atoms in total. The van der Waals surface area contributed by atoms with Crippen LogP contribution in [-0.2, 0) is 22.6 Å². The van der Waals surface area contributed by atoms with Crippen LogP contribution in [0.4, 0.5) is 0 Å². The Morgan fingerprint density at radius 1 is 1.08 bits per heavy atom. The maximum atomic E-state index is 12.0. The highest BCUT2D eigenvalue weighted by atomic mass is 32.1. The van der Waals surface area contributed by atoms with Gasteiger partial charge in [0.05, 0.1) is 19.2 Å². The molecule has 0 saturated heterocycles. The largest absolute Gasteiger partial charge is 0.497 e. The van der Waals surface area contributed by atoms with Crippen LogP contribution in [0.25, 0.3) is 10.6 Å². The zero-order valence-electron chi connectivity index (χ0n) is 14.2. The number of methoxy groups -OCH3 is 1. The first kappa shape index (κ1) is 17.2. The standard InChI is InChI=1S/C20H19NO3S/c1-14-3-7-16(8-4-14)20-21-17(13-25-20)12-24-19(22)11-15-5-9-18(23-2)10-6-15/h3-10,13H,11-12H2,1-2H3. The summed E-state index contributed by atoms with van der Waals surface area (Å²) in [5.74, 6) is 0.498. The summed E-state index contributed by atoms with van der Waals surface area (Å²) in [5, 5.41) is 2.86. The van der Waals surface area contributed by atoms with Gasteiger partial charge in [-0.25, -0.2) is 4.98 Å². The number of carbonyl (C=O) groups is 1. The fourth-order valence-corrected chi connectivity index (χ4v) is 3.13. The van der Waals surface area contributed by atoms with Crippen LogP contribution in [0.15, 0.2) is 53.9 Å². The number of rotatable bonds is 6. The first-order chi connectivity index (χ1) is 12.1. The lowest BCUT2D eigenvalue weighted by Crippen LogP contribution is -2.08. The van der Waals surface area contributed by atoms with Crippen molar-refractivity contribution in [2.45, 2.75) is 20.0 Å². The monoisotopic (exact) mass is 353 g/mol. The summed E-state index contributed by atoms with van der Waals surface area (Å²) in [5.41, 5.74) is 3.95. The van der Waals surface area contributed by atoms with E-state index in [0.29, 0.717) is 0 Å². The van der Waals surface area contributed by atoms with Crippen molar-refractivity contribution in [3.63, 3.8) is 0 Å². The van der Waals surface area contributed by atoms with E-state index in [1.54, 1.807) is 18.4 Å². The van der Waals surface area contributed by atoms with Crippen LogP contribution in [-0.4, -0.2) is 18.1 Å². The molecule has 0 aliphatic carbocycles. The van der Waals surface area contributed by atoms with Crippen LogP contribution >= 0.6 is 11.3 Å². The Balaban J connectivity index is 1.54. The van der Waals surface area contributed by atoms with Crippen molar-refractivity contribution in [2.75, 3.05) is 7.11 Å². The minimum Gasteiger partial charge on any atom is -0.497 e. The topological polar surface area (TPSA) is 48.4 Å². The van der Waals surface area contributed by atoms with E-state index in [-0.39, 0.29) is 19.0 Å². The van der Waals surface area contributed by atoms with Crippen LogP contribution in [0.1, 0.15) is 16.8 Å². The highest BCUT2D eigenvalue weighted by molar-refractivity contribution is 7.13.